The van der Waals surface area contributed by atoms with Crippen LogP contribution in [0.3, 0.4) is 0 Å². The third kappa shape index (κ3) is 5.39. The van der Waals surface area contributed by atoms with Crippen molar-refractivity contribution < 1.29 is 18.1 Å². The van der Waals surface area contributed by atoms with E-state index in [4.69, 9.17) is 12.2 Å². The van der Waals surface area contributed by atoms with Crippen molar-refractivity contribution in [3.63, 3.8) is 0 Å². The molecule has 0 atom stereocenters. The summed E-state index contributed by atoms with van der Waals surface area (Å²) in [5, 5.41) is 16.7. The van der Waals surface area contributed by atoms with Crippen molar-refractivity contribution in [2.75, 3.05) is 42.7 Å². The van der Waals surface area contributed by atoms with Crippen LogP contribution >= 0.6 is 12.2 Å². The van der Waals surface area contributed by atoms with E-state index in [9.17, 15) is 23.3 Å². The van der Waals surface area contributed by atoms with Crippen LogP contribution in [0, 0.1) is 17.0 Å². The highest BCUT2D eigenvalue weighted by Crippen LogP contribution is 2.27. The van der Waals surface area contributed by atoms with Crippen LogP contribution in [-0.4, -0.2) is 61.1 Å². The average molecular weight is 478 g/mol. The van der Waals surface area contributed by atoms with Crippen LogP contribution in [0.5, 0.6) is 0 Å². The third-order valence-electron chi connectivity index (χ3n) is 5.17. The lowest BCUT2D eigenvalue weighted by Gasteiger charge is -2.35. The second-order valence-electron chi connectivity index (χ2n) is 7.28. The van der Waals surface area contributed by atoms with Crippen molar-refractivity contribution in [3.05, 3.63) is 63.7 Å². The summed E-state index contributed by atoms with van der Waals surface area (Å²) in [5.41, 5.74) is 1.75. The first kappa shape index (κ1) is 23.6. The van der Waals surface area contributed by atoms with Gasteiger partial charge in [-0.2, -0.15) is 4.31 Å². The van der Waals surface area contributed by atoms with Gasteiger partial charge in [0.2, 0.25) is 10.0 Å². The molecule has 1 fully saturated rings. The highest BCUT2D eigenvalue weighted by Gasteiger charge is 2.25. The SMILES string of the molecule is Cc1c(C(=O)NC(=S)Nc2ccccc2N2CCN(S(C)(=O)=O)CC2)cccc1[N+](=O)[O-]. The Morgan fingerprint density at radius 3 is 2.38 bits per heavy atom. The maximum Gasteiger partial charge on any atom is 0.273 e. The molecule has 0 radical (unpaired) electrons. The number of rotatable bonds is 5. The van der Waals surface area contributed by atoms with Gasteiger partial charge in [-0.3, -0.25) is 20.2 Å². The van der Waals surface area contributed by atoms with Gasteiger partial charge in [-0.25, -0.2) is 8.42 Å². The predicted octanol–water partition coefficient (Wildman–Crippen LogP) is 2.11. The molecule has 0 aromatic heterocycles. The molecule has 1 aliphatic heterocycles. The predicted molar refractivity (Wildman–Crippen MR) is 127 cm³/mol. The van der Waals surface area contributed by atoms with Crippen molar-refractivity contribution in [3.8, 4) is 0 Å². The number of amides is 1. The number of sulfonamides is 1. The van der Waals surface area contributed by atoms with Crippen LogP contribution < -0.4 is 15.5 Å². The number of nitrogens with zero attached hydrogens (tertiary/aromatic N) is 3. The van der Waals surface area contributed by atoms with E-state index in [1.165, 1.54) is 35.7 Å². The summed E-state index contributed by atoms with van der Waals surface area (Å²) in [6.07, 6.45) is 1.20. The molecule has 12 heteroatoms. The van der Waals surface area contributed by atoms with Crippen LogP contribution in [0.4, 0.5) is 17.1 Å². The van der Waals surface area contributed by atoms with Crippen LogP contribution in [0.1, 0.15) is 15.9 Å². The molecule has 0 bridgehead atoms. The lowest BCUT2D eigenvalue weighted by Crippen LogP contribution is -2.48. The molecule has 0 saturated carbocycles. The molecule has 10 nitrogen and oxygen atoms in total. The number of thiocarbonyl (C=S) groups is 1. The van der Waals surface area contributed by atoms with E-state index in [2.05, 4.69) is 10.6 Å². The average Bonchev–Trinajstić information content (AvgIpc) is 2.73. The lowest BCUT2D eigenvalue weighted by molar-refractivity contribution is -0.385. The fourth-order valence-electron chi connectivity index (χ4n) is 3.51. The number of carbonyl (C=O) groups excluding carboxylic acids is 1. The molecule has 0 spiro atoms. The summed E-state index contributed by atoms with van der Waals surface area (Å²) in [6.45, 7) is 3.28. The van der Waals surface area contributed by atoms with Crippen molar-refractivity contribution in [2.45, 2.75) is 6.92 Å². The standard InChI is InChI=1S/C20H23N5O5S2/c1-14-15(6-5-9-17(14)25(27)28)19(26)22-20(31)21-16-7-3-4-8-18(16)23-10-12-24(13-11-23)32(2,29)30/h3-9H,10-13H2,1-2H3,(H2,21,22,26,31). The summed E-state index contributed by atoms with van der Waals surface area (Å²) < 4.78 is 24.9. The van der Waals surface area contributed by atoms with Crippen LogP contribution in [-0.2, 0) is 10.0 Å². The molecule has 0 aliphatic carbocycles. The van der Waals surface area contributed by atoms with Crippen LogP contribution in [0.15, 0.2) is 42.5 Å². The minimum Gasteiger partial charge on any atom is -0.367 e. The minimum atomic E-state index is -3.23. The Labute approximate surface area is 191 Å². The number of nitro benzene ring substituents is 1. The van der Waals surface area contributed by atoms with Gasteiger partial charge in [0.1, 0.15) is 0 Å². The van der Waals surface area contributed by atoms with Crippen LogP contribution in [0.2, 0.25) is 0 Å². The fourth-order valence-corrected chi connectivity index (χ4v) is 4.54. The zero-order valence-electron chi connectivity index (χ0n) is 17.6. The topological polar surface area (TPSA) is 125 Å². The first-order chi connectivity index (χ1) is 15.1. The fraction of sp³-hybridized carbons (Fsp3) is 0.300. The van der Waals surface area contributed by atoms with Crippen molar-refractivity contribution >= 4 is 50.3 Å². The molecule has 1 heterocycles. The van der Waals surface area contributed by atoms with Gasteiger partial charge in [-0.15, -0.1) is 0 Å². The lowest BCUT2D eigenvalue weighted by atomic mass is 10.1. The second kappa shape index (κ2) is 9.59. The highest BCUT2D eigenvalue weighted by molar-refractivity contribution is 7.88. The van der Waals surface area contributed by atoms with Crippen molar-refractivity contribution in [1.29, 1.82) is 0 Å². The Morgan fingerprint density at radius 2 is 1.75 bits per heavy atom. The van der Waals surface area contributed by atoms with E-state index in [1.807, 2.05) is 23.1 Å². The van der Waals surface area contributed by atoms with Gasteiger partial charge in [0.15, 0.2) is 5.11 Å². The number of hydrogen-bond donors (Lipinski definition) is 2. The van der Waals surface area contributed by atoms with E-state index in [0.717, 1.165) is 5.69 Å². The molecule has 1 amide bonds. The van der Waals surface area contributed by atoms with Crippen molar-refractivity contribution in [2.24, 2.45) is 0 Å². The molecule has 1 saturated heterocycles. The van der Waals surface area contributed by atoms with Gasteiger partial charge in [0.25, 0.3) is 11.6 Å². The molecular formula is C20H23N5O5S2. The highest BCUT2D eigenvalue weighted by atomic mass is 32.2. The quantitative estimate of drug-likeness (QED) is 0.381. The Hall–Kier alpha value is -3.09. The van der Waals surface area contributed by atoms with Gasteiger partial charge in [-0.1, -0.05) is 18.2 Å². The van der Waals surface area contributed by atoms with Crippen LogP contribution in [0.25, 0.3) is 0 Å². The zero-order chi connectivity index (χ0) is 23.5. The Kier molecular flexibility index (Phi) is 7.06. The monoisotopic (exact) mass is 477 g/mol. The van der Waals surface area contributed by atoms with Gasteiger partial charge in [0.05, 0.1) is 22.6 Å². The summed E-state index contributed by atoms with van der Waals surface area (Å²) in [5.74, 6) is -0.553. The number of nitro groups is 1. The smallest absolute Gasteiger partial charge is 0.273 e. The third-order valence-corrected chi connectivity index (χ3v) is 6.68. The second-order valence-corrected chi connectivity index (χ2v) is 9.67. The molecule has 32 heavy (non-hydrogen) atoms. The molecule has 170 valence electrons. The normalized spacial score (nSPS) is 14.6. The molecule has 3 rings (SSSR count). The largest absolute Gasteiger partial charge is 0.367 e. The number of carbonyl (C=O) groups is 1. The van der Waals surface area contributed by atoms with Gasteiger partial charge < -0.3 is 10.2 Å². The van der Waals surface area contributed by atoms with E-state index in [0.29, 0.717) is 31.9 Å². The number of nitrogens with one attached hydrogen (secondary N) is 2. The summed E-state index contributed by atoms with van der Waals surface area (Å²) in [6, 6.07) is 11.6. The Bertz CT molecular complexity index is 1160. The summed E-state index contributed by atoms with van der Waals surface area (Å²) in [7, 11) is -3.23. The first-order valence-electron chi connectivity index (χ1n) is 9.73. The zero-order valence-corrected chi connectivity index (χ0v) is 19.2. The maximum atomic E-state index is 12.6. The van der Waals surface area contributed by atoms with Gasteiger partial charge >= 0.3 is 0 Å². The van der Waals surface area contributed by atoms with E-state index < -0.39 is 20.9 Å². The number of benzene rings is 2. The molecule has 1 aliphatic rings. The molecular weight excluding hydrogens is 454 g/mol. The summed E-state index contributed by atoms with van der Waals surface area (Å²) >= 11 is 5.29. The Morgan fingerprint density at radius 1 is 1.09 bits per heavy atom. The number of piperazine rings is 1. The molecule has 0 unspecified atom stereocenters. The van der Waals surface area contributed by atoms with Gasteiger partial charge in [-0.05, 0) is 37.3 Å². The molecule has 2 N–H and O–H groups in total. The summed E-state index contributed by atoms with van der Waals surface area (Å²) in [4.78, 5) is 25.2. The first-order valence-corrected chi connectivity index (χ1v) is 12.0. The number of para-hydroxylation sites is 2. The number of hydrogen-bond acceptors (Lipinski definition) is 7. The van der Waals surface area contributed by atoms with E-state index in [-0.39, 0.29) is 21.9 Å². The van der Waals surface area contributed by atoms with E-state index in [1.54, 1.807) is 6.07 Å². The molecule has 2 aromatic carbocycles. The molecule has 2 aromatic rings. The minimum absolute atomic E-state index is 0.0446. The van der Waals surface area contributed by atoms with Crippen molar-refractivity contribution in [1.82, 2.24) is 9.62 Å². The van der Waals surface area contributed by atoms with E-state index >= 15 is 0 Å². The maximum absolute atomic E-state index is 12.6. The Balaban J connectivity index is 1.70. The van der Waals surface area contributed by atoms with Gasteiger partial charge in [0, 0.05) is 43.4 Å². The number of anilines is 2.